The van der Waals surface area contributed by atoms with E-state index < -0.39 is 0 Å². The van der Waals surface area contributed by atoms with Gasteiger partial charge in [0.2, 0.25) is 0 Å². The van der Waals surface area contributed by atoms with Crippen LogP contribution in [0.1, 0.15) is 54.4 Å². The normalized spacial score (nSPS) is 9.62. The van der Waals surface area contributed by atoms with E-state index >= 15 is 0 Å². The number of aliphatic hydroxyl groups is 1. The predicted molar refractivity (Wildman–Crippen MR) is 77.5 cm³/mol. The highest BCUT2D eigenvalue weighted by Crippen LogP contribution is 1.97. The first-order valence-corrected chi connectivity index (χ1v) is 6.04. The van der Waals surface area contributed by atoms with Gasteiger partial charge in [0.1, 0.15) is 0 Å². The lowest BCUT2D eigenvalue weighted by atomic mass is 10.3. The van der Waals surface area contributed by atoms with Crippen LogP contribution in [0.3, 0.4) is 0 Å². The lowest BCUT2D eigenvalue weighted by Crippen LogP contribution is -1.93. The summed E-state index contributed by atoms with van der Waals surface area (Å²) in [5.41, 5.74) is 6.27. The molecule has 0 unspecified atom stereocenters. The molecule has 0 bridgehead atoms. The Morgan fingerprint density at radius 3 is 1.62 bits per heavy atom. The molecule has 0 saturated carbocycles. The van der Waals surface area contributed by atoms with Gasteiger partial charge in [0.15, 0.2) is 0 Å². The van der Waals surface area contributed by atoms with Crippen LogP contribution < -0.4 is 5.73 Å². The maximum atomic E-state index is 8.96. The second kappa shape index (κ2) is 29.2. The fraction of sp³-hybridized carbons (Fsp3) is 0.571. The Kier molecular flexibility index (Phi) is 44.1. The van der Waals surface area contributed by atoms with Gasteiger partial charge in [-0.2, -0.15) is 0 Å². The third-order valence-corrected chi connectivity index (χ3v) is 1.26. The van der Waals surface area contributed by atoms with Crippen molar-refractivity contribution in [2.24, 2.45) is 5.73 Å². The number of aliphatic hydroxyl groups excluding tert-OH is 1. The van der Waals surface area contributed by atoms with Gasteiger partial charge in [-0.05, 0) is 18.6 Å². The van der Waals surface area contributed by atoms with Crippen molar-refractivity contribution in [2.45, 2.75) is 54.4 Å². The summed E-state index contributed by atoms with van der Waals surface area (Å²) in [4.78, 5) is 0. The molecule has 2 heteroatoms. The molecule has 0 aromatic heterocycles. The Bertz CT molecular complexity index is 142. The van der Waals surface area contributed by atoms with E-state index in [0.29, 0.717) is 12.2 Å². The Labute approximate surface area is 103 Å². The topological polar surface area (TPSA) is 46.2 Å². The summed E-state index contributed by atoms with van der Waals surface area (Å²) in [6.07, 6.45) is 4.86. The van der Waals surface area contributed by atoms with Gasteiger partial charge in [0, 0.05) is 12.1 Å². The molecule has 0 aliphatic rings. The maximum absolute atomic E-state index is 8.96. The summed E-state index contributed by atoms with van der Waals surface area (Å²) < 4.78 is 0. The third-order valence-electron chi connectivity index (χ3n) is 1.26. The minimum absolute atomic E-state index is 0.372. The molecule has 0 atom stereocenters. The van der Waals surface area contributed by atoms with Crippen LogP contribution in [0.15, 0.2) is 36.8 Å². The fourth-order valence-electron chi connectivity index (χ4n) is 0.439. The fourth-order valence-corrected chi connectivity index (χ4v) is 0.439. The van der Waals surface area contributed by atoms with E-state index in [4.69, 9.17) is 10.8 Å². The molecule has 0 aromatic rings. The summed E-state index contributed by atoms with van der Waals surface area (Å²) >= 11 is 0. The molecule has 0 radical (unpaired) electrons. The minimum Gasteiger partial charge on any atom is -0.512 e. The lowest BCUT2D eigenvalue weighted by molar-refractivity contribution is 0.394. The zero-order valence-electron chi connectivity index (χ0n) is 12.0. The van der Waals surface area contributed by atoms with Gasteiger partial charge < -0.3 is 10.8 Å². The van der Waals surface area contributed by atoms with Crippen LogP contribution in [0, 0.1) is 0 Å². The number of nitrogens with two attached hydrogens (primary N) is 1. The number of hydrogen-bond acceptors (Lipinski definition) is 2. The van der Waals surface area contributed by atoms with E-state index in [1.807, 2.05) is 41.5 Å². The van der Waals surface area contributed by atoms with Crippen LogP contribution in [0.5, 0.6) is 0 Å². The van der Waals surface area contributed by atoms with E-state index in [-0.39, 0.29) is 0 Å². The van der Waals surface area contributed by atoms with E-state index in [0.717, 1.165) is 12.1 Å². The maximum Gasteiger partial charge on any atom is 0.0920 e. The first-order valence-electron chi connectivity index (χ1n) is 6.04. The first kappa shape index (κ1) is 24.2. The summed E-state index contributed by atoms with van der Waals surface area (Å²) in [6, 6.07) is 0. The molecule has 0 aliphatic carbocycles. The largest absolute Gasteiger partial charge is 0.512 e. The average molecular weight is 229 g/mol. The van der Waals surface area contributed by atoms with Crippen LogP contribution in [-0.2, 0) is 0 Å². The van der Waals surface area contributed by atoms with Crippen molar-refractivity contribution in [1.82, 2.24) is 0 Å². The van der Waals surface area contributed by atoms with Crippen molar-refractivity contribution in [3.05, 3.63) is 36.8 Å². The number of hydrogen-bond donors (Lipinski definition) is 2. The molecule has 3 N–H and O–H groups in total. The Morgan fingerprint density at radius 1 is 1.00 bits per heavy atom. The van der Waals surface area contributed by atoms with Crippen LogP contribution in [0.25, 0.3) is 0 Å². The third kappa shape index (κ3) is 29.3. The second-order valence-electron chi connectivity index (χ2n) is 2.11. The first-order chi connectivity index (χ1) is 7.70. The molecule has 0 saturated heterocycles. The molecule has 0 rings (SSSR count). The van der Waals surface area contributed by atoms with Gasteiger partial charge in [-0.3, -0.25) is 0 Å². The van der Waals surface area contributed by atoms with Crippen LogP contribution >= 0.6 is 0 Å². The van der Waals surface area contributed by atoms with Crippen molar-refractivity contribution >= 4 is 0 Å². The van der Waals surface area contributed by atoms with E-state index in [1.54, 1.807) is 12.2 Å². The minimum atomic E-state index is 0.372. The van der Waals surface area contributed by atoms with Gasteiger partial charge >= 0.3 is 0 Å². The molecule has 98 valence electrons. The summed E-state index contributed by atoms with van der Waals surface area (Å²) in [6.45, 7) is 17.9. The van der Waals surface area contributed by atoms with Crippen molar-refractivity contribution in [3.63, 3.8) is 0 Å². The molecular formula is C14H31NO. The lowest BCUT2D eigenvalue weighted by Gasteiger charge is -1.92. The summed E-state index contributed by atoms with van der Waals surface area (Å²) in [5, 5.41) is 8.96. The second-order valence-corrected chi connectivity index (χ2v) is 2.11. The van der Waals surface area contributed by atoms with Gasteiger partial charge in [-0.1, -0.05) is 41.5 Å². The van der Waals surface area contributed by atoms with Crippen molar-refractivity contribution < 1.29 is 5.11 Å². The van der Waals surface area contributed by atoms with Crippen LogP contribution in [0.4, 0.5) is 0 Å². The highest BCUT2D eigenvalue weighted by atomic mass is 16.3. The summed E-state index contributed by atoms with van der Waals surface area (Å²) in [5.74, 6) is 0.372. The van der Waals surface area contributed by atoms with Crippen molar-refractivity contribution in [2.75, 3.05) is 0 Å². The molecule has 0 fully saturated rings. The Balaban J connectivity index is -0.000000103. The van der Waals surface area contributed by atoms with Crippen LogP contribution in [-0.4, -0.2) is 5.11 Å². The summed E-state index contributed by atoms with van der Waals surface area (Å²) in [7, 11) is 0. The van der Waals surface area contributed by atoms with E-state index in [9.17, 15) is 0 Å². The van der Waals surface area contributed by atoms with Gasteiger partial charge in [-0.25, -0.2) is 0 Å². The highest BCUT2D eigenvalue weighted by molar-refractivity contribution is 5.11. The number of allylic oxidation sites excluding steroid dienone is 4. The average Bonchev–Trinajstić information content (AvgIpc) is 2.42. The van der Waals surface area contributed by atoms with Crippen molar-refractivity contribution in [3.8, 4) is 0 Å². The van der Waals surface area contributed by atoms with Gasteiger partial charge in [0.25, 0.3) is 0 Å². The monoisotopic (exact) mass is 229 g/mol. The predicted octanol–water partition coefficient (Wildman–Crippen LogP) is 4.95. The zero-order valence-corrected chi connectivity index (χ0v) is 12.0. The van der Waals surface area contributed by atoms with Crippen LogP contribution in [0.2, 0.25) is 0 Å². The molecule has 0 heterocycles. The number of rotatable bonds is 3. The standard InChI is InChI=1S/C8H15NO.2C2H6.C2H4/c1-3-7(9)5-6-8(10)4-2;3*1-2/h5-6,10H,3-4,9H2,1-2H3;2*1-2H3;1-2H2/b7-5+,8-6+;;;. The van der Waals surface area contributed by atoms with E-state index in [1.165, 1.54) is 0 Å². The van der Waals surface area contributed by atoms with Crippen molar-refractivity contribution in [1.29, 1.82) is 0 Å². The molecule has 0 aromatic carbocycles. The highest BCUT2D eigenvalue weighted by Gasteiger charge is 1.84. The SMILES string of the molecule is C=C.CC.CC.CC/C(N)=C\C=C(\O)CC. The molecule has 0 aliphatic heterocycles. The smallest absolute Gasteiger partial charge is 0.0920 e. The van der Waals surface area contributed by atoms with E-state index in [2.05, 4.69) is 13.2 Å². The zero-order chi connectivity index (χ0) is 14.0. The Morgan fingerprint density at radius 2 is 1.38 bits per heavy atom. The Hall–Kier alpha value is -1.18. The van der Waals surface area contributed by atoms with Gasteiger partial charge in [-0.15, -0.1) is 13.2 Å². The molecular weight excluding hydrogens is 198 g/mol. The van der Waals surface area contributed by atoms with Gasteiger partial charge in [0.05, 0.1) is 5.76 Å². The quantitative estimate of drug-likeness (QED) is 0.409. The molecule has 0 amide bonds. The molecule has 16 heavy (non-hydrogen) atoms. The molecule has 2 nitrogen and oxygen atoms in total. The molecule has 0 spiro atoms.